The van der Waals surface area contributed by atoms with Crippen molar-refractivity contribution in [3.8, 4) is 0 Å². The topological polar surface area (TPSA) is 49.0 Å². The van der Waals surface area contributed by atoms with Gasteiger partial charge in [0.15, 0.2) is 0 Å². The van der Waals surface area contributed by atoms with E-state index in [0.717, 1.165) is 28.5 Å². The van der Waals surface area contributed by atoms with Gasteiger partial charge < -0.3 is 4.90 Å². The number of benzene rings is 1. The third kappa shape index (κ3) is 1.84. The molecule has 1 aliphatic rings. The minimum atomic E-state index is 0.206. The summed E-state index contributed by atoms with van der Waals surface area (Å²) in [6, 6.07) is 5.94. The van der Waals surface area contributed by atoms with E-state index in [1.807, 2.05) is 23.1 Å². The van der Waals surface area contributed by atoms with Crippen LogP contribution in [0.5, 0.6) is 0 Å². The van der Waals surface area contributed by atoms with Gasteiger partial charge in [0.2, 0.25) is 5.91 Å². The normalized spacial score (nSPS) is 20.4. The summed E-state index contributed by atoms with van der Waals surface area (Å²) in [5.74, 6) is 0.625. The lowest BCUT2D eigenvalue weighted by atomic mass is 10.2. The molecule has 1 atom stereocenters. The SMILES string of the molecule is O=C1CC(CBr)CN1c1ccc2[nH]ncc2c1. The molecule has 1 saturated heterocycles. The first-order valence-electron chi connectivity index (χ1n) is 5.57. The molecule has 88 valence electrons. The second-order valence-corrected chi connectivity index (χ2v) is 5.02. The Labute approximate surface area is 107 Å². The molecule has 5 heteroatoms. The smallest absolute Gasteiger partial charge is 0.227 e. The molecule has 0 spiro atoms. The monoisotopic (exact) mass is 293 g/mol. The van der Waals surface area contributed by atoms with E-state index in [0.29, 0.717) is 12.3 Å². The van der Waals surface area contributed by atoms with Crippen LogP contribution in [0, 0.1) is 5.92 Å². The van der Waals surface area contributed by atoms with E-state index in [9.17, 15) is 4.79 Å². The average molecular weight is 294 g/mol. The zero-order valence-corrected chi connectivity index (χ0v) is 10.8. The molecule has 1 amide bonds. The Bertz CT molecular complexity index is 566. The molecule has 17 heavy (non-hydrogen) atoms. The fraction of sp³-hybridized carbons (Fsp3) is 0.333. The van der Waals surface area contributed by atoms with Gasteiger partial charge in [0.1, 0.15) is 0 Å². The van der Waals surface area contributed by atoms with Crippen LogP contribution in [0.25, 0.3) is 10.9 Å². The number of anilines is 1. The van der Waals surface area contributed by atoms with Gasteiger partial charge in [0, 0.05) is 29.4 Å². The predicted octanol–water partition coefficient (Wildman–Crippen LogP) is 2.31. The zero-order valence-electron chi connectivity index (χ0n) is 9.19. The Balaban J connectivity index is 1.95. The molecular weight excluding hydrogens is 282 g/mol. The molecule has 0 aliphatic carbocycles. The number of rotatable bonds is 2. The highest BCUT2D eigenvalue weighted by Gasteiger charge is 2.29. The molecule has 1 aliphatic heterocycles. The Morgan fingerprint density at radius 2 is 2.41 bits per heavy atom. The van der Waals surface area contributed by atoms with Crippen molar-refractivity contribution < 1.29 is 4.79 Å². The van der Waals surface area contributed by atoms with Gasteiger partial charge in [-0.25, -0.2) is 0 Å². The molecule has 0 radical (unpaired) electrons. The minimum absolute atomic E-state index is 0.206. The van der Waals surface area contributed by atoms with Crippen LogP contribution in [0.15, 0.2) is 24.4 Å². The van der Waals surface area contributed by atoms with Crippen molar-refractivity contribution in [1.82, 2.24) is 10.2 Å². The van der Waals surface area contributed by atoms with Gasteiger partial charge in [-0.15, -0.1) is 0 Å². The Hall–Kier alpha value is -1.36. The quantitative estimate of drug-likeness (QED) is 0.864. The summed E-state index contributed by atoms with van der Waals surface area (Å²) in [7, 11) is 0. The number of nitrogens with zero attached hydrogens (tertiary/aromatic N) is 2. The number of carbonyl (C=O) groups is 1. The predicted molar refractivity (Wildman–Crippen MR) is 70.3 cm³/mol. The molecule has 4 nitrogen and oxygen atoms in total. The minimum Gasteiger partial charge on any atom is -0.312 e. The van der Waals surface area contributed by atoms with Crippen molar-refractivity contribution in [2.24, 2.45) is 5.92 Å². The highest BCUT2D eigenvalue weighted by atomic mass is 79.9. The second-order valence-electron chi connectivity index (χ2n) is 4.37. The van der Waals surface area contributed by atoms with E-state index in [2.05, 4.69) is 26.1 Å². The number of hydrogen-bond acceptors (Lipinski definition) is 2. The van der Waals surface area contributed by atoms with Crippen molar-refractivity contribution in [3.63, 3.8) is 0 Å². The van der Waals surface area contributed by atoms with E-state index < -0.39 is 0 Å². The highest BCUT2D eigenvalue weighted by Crippen LogP contribution is 2.28. The number of aromatic amines is 1. The molecule has 0 bridgehead atoms. The molecule has 1 aromatic heterocycles. The van der Waals surface area contributed by atoms with Crippen molar-refractivity contribution in [3.05, 3.63) is 24.4 Å². The van der Waals surface area contributed by atoms with Gasteiger partial charge in [-0.2, -0.15) is 5.10 Å². The maximum atomic E-state index is 11.9. The van der Waals surface area contributed by atoms with Crippen LogP contribution in [0.1, 0.15) is 6.42 Å². The van der Waals surface area contributed by atoms with E-state index >= 15 is 0 Å². The number of H-pyrrole nitrogens is 1. The number of nitrogens with one attached hydrogen (secondary N) is 1. The summed E-state index contributed by atoms with van der Waals surface area (Å²) in [6.45, 7) is 0.799. The maximum absolute atomic E-state index is 11.9. The molecule has 1 N–H and O–H groups in total. The van der Waals surface area contributed by atoms with Crippen LogP contribution in [0.3, 0.4) is 0 Å². The molecule has 2 aromatic rings. The van der Waals surface area contributed by atoms with Gasteiger partial charge in [-0.3, -0.25) is 9.89 Å². The molecular formula is C12H12BrN3O. The lowest BCUT2D eigenvalue weighted by Gasteiger charge is -2.16. The number of carbonyl (C=O) groups excluding carboxylic acids is 1. The first kappa shape index (κ1) is 10.8. The van der Waals surface area contributed by atoms with Crippen LogP contribution >= 0.6 is 15.9 Å². The van der Waals surface area contributed by atoms with E-state index in [1.54, 1.807) is 6.20 Å². The lowest BCUT2D eigenvalue weighted by molar-refractivity contribution is -0.117. The Morgan fingerprint density at radius 1 is 1.53 bits per heavy atom. The van der Waals surface area contributed by atoms with Crippen LogP contribution in [0.2, 0.25) is 0 Å². The number of hydrogen-bond donors (Lipinski definition) is 1. The standard InChI is InChI=1S/C12H12BrN3O/c13-5-8-3-12(17)16(7-8)10-1-2-11-9(4-10)6-14-15-11/h1-2,4,6,8H,3,5,7H2,(H,14,15). The molecule has 1 aromatic carbocycles. The van der Waals surface area contributed by atoms with Crippen LogP contribution in [0.4, 0.5) is 5.69 Å². The summed E-state index contributed by atoms with van der Waals surface area (Å²) in [5, 5.41) is 8.81. The summed E-state index contributed by atoms with van der Waals surface area (Å²) >= 11 is 3.44. The Kier molecular flexibility index (Phi) is 2.63. The summed E-state index contributed by atoms with van der Waals surface area (Å²) in [6.07, 6.45) is 2.41. The Morgan fingerprint density at radius 3 is 3.18 bits per heavy atom. The molecule has 1 fully saturated rings. The second kappa shape index (κ2) is 4.14. The molecule has 3 rings (SSSR count). The van der Waals surface area contributed by atoms with Crippen molar-refractivity contribution in [2.45, 2.75) is 6.42 Å². The number of alkyl halides is 1. The molecule has 2 heterocycles. The van der Waals surface area contributed by atoms with E-state index in [-0.39, 0.29) is 5.91 Å². The zero-order chi connectivity index (χ0) is 11.8. The number of amides is 1. The van der Waals surface area contributed by atoms with Crippen LogP contribution in [-0.2, 0) is 4.79 Å². The average Bonchev–Trinajstić information content (AvgIpc) is 2.93. The molecule has 1 unspecified atom stereocenters. The van der Waals surface area contributed by atoms with E-state index in [4.69, 9.17) is 0 Å². The number of aromatic nitrogens is 2. The van der Waals surface area contributed by atoms with Crippen LogP contribution in [-0.4, -0.2) is 28.0 Å². The summed E-state index contributed by atoms with van der Waals surface area (Å²) in [5.41, 5.74) is 1.96. The fourth-order valence-electron chi connectivity index (χ4n) is 2.23. The van der Waals surface area contributed by atoms with E-state index in [1.165, 1.54) is 0 Å². The largest absolute Gasteiger partial charge is 0.312 e. The van der Waals surface area contributed by atoms with Gasteiger partial charge in [-0.05, 0) is 24.1 Å². The maximum Gasteiger partial charge on any atom is 0.227 e. The lowest BCUT2D eigenvalue weighted by Crippen LogP contribution is -2.24. The fourth-order valence-corrected chi connectivity index (χ4v) is 2.67. The van der Waals surface area contributed by atoms with Gasteiger partial charge in [0.05, 0.1) is 11.7 Å². The highest BCUT2D eigenvalue weighted by molar-refractivity contribution is 9.09. The van der Waals surface area contributed by atoms with Crippen molar-refractivity contribution in [2.75, 3.05) is 16.8 Å². The molecule has 0 saturated carbocycles. The number of halogens is 1. The summed E-state index contributed by atoms with van der Waals surface area (Å²) < 4.78 is 0. The van der Waals surface area contributed by atoms with Crippen LogP contribution < -0.4 is 4.90 Å². The summed E-state index contributed by atoms with van der Waals surface area (Å²) in [4.78, 5) is 13.8. The van der Waals surface area contributed by atoms with Crippen molar-refractivity contribution >= 4 is 38.4 Å². The van der Waals surface area contributed by atoms with Gasteiger partial charge >= 0.3 is 0 Å². The van der Waals surface area contributed by atoms with Gasteiger partial charge in [-0.1, -0.05) is 15.9 Å². The third-order valence-electron chi connectivity index (χ3n) is 3.16. The van der Waals surface area contributed by atoms with Gasteiger partial charge in [0.25, 0.3) is 0 Å². The first-order valence-corrected chi connectivity index (χ1v) is 6.69. The first-order chi connectivity index (χ1) is 8.28. The third-order valence-corrected chi connectivity index (χ3v) is 4.07. The number of fused-ring (bicyclic) bond motifs is 1. The van der Waals surface area contributed by atoms with Crippen molar-refractivity contribution in [1.29, 1.82) is 0 Å².